The molecule has 1 saturated heterocycles. The first-order chi connectivity index (χ1) is 13.8. The Morgan fingerprint density at radius 3 is 2.59 bits per heavy atom. The number of methoxy groups -OCH3 is 1. The van der Waals surface area contributed by atoms with Crippen LogP contribution in [0.2, 0.25) is 0 Å². The Balaban J connectivity index is 1.87. The molecule has 0 unspecified atom stereocenters. The van der Waals surface area contributed by atoms with Crippen molar-refractivity contribution < 1.29 is 22.4 Å². The van der Waals surface area contributed by atoms with Gasteiger partial charge in [0.25, 0.3) is 11.5 Å². The molecular formula is C18H26N4O6S. The second-order valence-electron chi connectivity index (χ2n) is 6.89. The molecule has 11 heteroatoms. The van der Waals surface area contributed by atoms with E-state index in [1.807, 2.05) is 0 Å². The number of hydrogen-bond acceptors (Lipinski definition) is 7. The number of ether oxygens (including phenoxy) is 1. The molecule has 0 atom stereocenters. The number of fused-ring (bicyclic) bond motifs is 1. The smallest absolute Gasteiger partial charge is 0.265 e. The molecule has 1 fully saturated rings. The summed E-state index contributed by atoms with van der Waals surface area (Å²) in [5.41, 5.74) is -0.00470. The van der Waals surface area contributed by atoms with Crippen LogP contribution < -0.4 is 5.56 Å². The van der Waals surface area contributed by atoms with Gasteiger partial charge in [0.15, 0.2) is 0 Å². The molecule has 2 aromatic heterocycles. The Hall–Kier alpha value is -2.24. The quantitative estimate of drug-likeness (QED) is 0.590. The van der Waals surface area contributed by atoms with Crippen LogP contribution in [-0.2, 0) is 21.3 Å². The number of furan rings is 1. The summed E-state index contributed by atoms with van der Waals surface area (Å²) >= 11 is 0. The largest absolute Gasteiger partial charge is 0.442 e. The number of carbonyl (C=O) groups is 1. The number of piperazine rings is 1. The lowest BCUT2D eigenvalue weighted by Crippen LogP contribution is -2.51. The van der Waals surface area contributed by atoms with E-state index in [2.05, 4.69) is 4.98 Å². The van der Waals surface area contributed by atoms with Gasteiger partial charge in [0.2, 0.25) is 15.7 Å². The van der Waals surface area contributed by atoms with Gasteiger partial charge in [-0.1, -0.05) is 0 Å². The number of aryl methyl sites for hydroxylation is 2. The molecule has 0 N–H and O–H groups in total. The van der Waals surface area contributed by atoms with Crippen LogP contribution in [0.25, 0.3) is 11.1 Å². The highest BCUT2D eigenvalue weighted by molar-refractivity contribution is 7.89. The van der Waals surface area contributed by atoms with Gasteiger partial charge >= 0.3 is 0 Å². The van der Waals surface area contributed by atoms with Gasteiger partial charge in [-0.3, -0.25) is 14.2 Å². The average Bonchev–Trinajstić information content (AvgIpc) is 3.06. The molecule has 1 aliphatic heterocycles. The number of nitrogens with zero attached hydrogens (tertiary/aromatic N) is 4. The molecule has 2 aromatic rings. The van der Waals surface area contributed by atoms with Crippen LogP contribution >= 0.6 is 0 Å². The first-order valence-corrected chi connectivity index (χ1v) is 11.2. The second kappa shape index (κ2) is 8.64. The summed E-state index contributed by atoms with van der Waals surface area (Å²) < 4.78 is 37.5. The molecule has 0 bridgehead atoms. The summed E-state index contributed by atoms with van der Waals surface area (Å²) in [6.45, 7) is 5.12. The van der Waals surface area contributed by atoms with Gasteiger partial charge in [-0.25, -0.2) is 13.4 Å². The maximum atomic E-state index is 13.1. The lowest BCUT2D eigenvalue weighted by atomic mass is 10.1. The lowest BCUT2D eigenvalue weighted by molar-refractivity contribution is 0.0698. The summed E-state index contributed by atoms with van der Waals surface area (Å²) in [6.07, 6.45) is 2.05. The highest BCUT2D eigenvalue weighted by atomic mass is 32.2. The van der Waals surface area contributed by atoms with Gasteiger partial charge in [0, 0.05) is 46.4 Å². The second-order valence-corrected chi connectivity index (χ2v) is 9.15. The van der Waals surface area contributed by atoms with Crippen molar-refractivity contribution in [1.82, 2.24) is 18.8 Å². The summed E-state index contributed by atoms with van der Waals surface area (Å²) in [5.74, 6) is 0.0111. The summed E-state index contributed by atoms with van der Waals surface area (Å²) in [5, 5.41) is 0.163. The van der Waals surface area contributed by atoms with E-state index < -0.39 is 10.0 Å². The van der Waals surface area contributed by atoms with E-state index in [1.54, 1.807) is 25.9 Å². The average molecular weight is 426 g/mol. The molecule has 0 spiro atoms. The van der Waals surface area contributed by atoms with Crippen LogP contribution in [0.4, 0.5) is 0 Å². The van der Waals surface area contributed by atoms with Crippen molar-refractivity contribution in [2.24, 2.45) is 0 Å². The third-order valence-electron chi connectivity index (χ3n) is 5.10. The molecular weight excluding hydrogens is 400 g/mol. The Labute approximate surface area is 169 Å². The van der Waals surface area contributed by atoms with E-state index in [0.29, 0.717) is 25.3 Å². The molecule has 160 valence electrons. The van der Waals surface area contributed by atoms with E-state index in [1.165, 1.54) is 15.2 Å². The van der Waals surface area contributed by atoms with Crippen molar-refractivity contribution in [3.63, 3.8) is 0 Å². The zero-order valence-corrected chi connectivity index (χ0v) is 17.7. The molecule has 0 aliphatic carbocycles. The molecule has 0 aromatic carbocycles. The number of aromatic nitrogens is 2. The first kappa shape index (κ1) is 21.5. The molecule has 0 saturated carbocycles. The highest BCUT2D eigenvalue weighted by Crippen LogP contribution is 2.23. The van der Waals surface area contributed by atoms with Crippen LogP contribution in [0.5, 0.6) is 0 Å². The number of amides is 1. The van der Waals surface area contributed by atoms with E-state index in [4.69, 9.17) is 9.15 Å². The van der Waals surface area contributed by atoms with Crippen LogP contribution in [0.3, 0.4) is 0 Å². The van der Waals surface area contributed by atoms with Gasteiger partial charge in [-0.2, -0.15) is 4.31 Å². The van der Waals surface area contributed by atoms with Crippen LogP contribution in [-0.4, -0.2) is 78.7 Å². The minimum atomic E-state index is -3.29. The molecule has 0 radical (unpaired) electrons. The predicted molar refractivity (Wildman–Crippen MR) is 106 cm³/mol. The van der Waals surface area contributed by atoms with Crippen molar-refractivity contribution in [2.45, 2.75) is 26.8 Å². The van der Waals surface area contributed by atoms with E-state index in [-0.39, 0.29) is 60.1 Å². The van der Waals surface area contributed by atoms with Crippen LogP contribution in [0.1, 0.15) is 29.5 Å². The number of carbonyl (C=O) groups excluding carboxylic acids is 1. The maximum Gasteiger partial charge on any atom is 0.265 e. The first-order valence-electron chi connectivity index (χ1n) is 9.54. The van der Waals surface area contributed by atoms with Gasteiger partial charge in [-0.05, 0) is 20.3 Å². The topological polar surface area (TPSA) is 115 Å². The molecule has 1 amide bonds. The van der Waals surface area contributed by atoms with Gasteiger partial charge in [0.05, 0.1) is 11.3 Å². The van der Waals surface area contributed by atoms with Crippen molar-refractivity contribution in [3.05, 3.63) is 28.0 Å². The summed E-state index contributed by atoms with van der Waals surface area (Å²) in [6, 6.07) is 0. The SMILES string of the molecule is CCS(=O)(=O)N1CCN(C(=O)c2c(C)oc3ncn(CCCOC)c(=O)c23)CC1. The Morgan fingerprint density at radius 1 is 1.28 bits per heavy atom. The lowest BCUT2D eigenvalue weighted by Gasteiger charge is -2.33. The molecule has 3 rings (SSSR count). The number of hydrogen-bond donors (Lipinski definition) is 0. The number of rotatable bonds is 7. The fourth-order valence-electron chi connectivity index (χ4n) is 3.44. The normalized spacial score (nSPS) is 15.9. The Morgan fingerprint density at radius 2 is 1.97 bits per heavy atom. The summed E-state index contributed by atoms with van der Waals surface area (Å²) in [7, 11) is -1.70. The predicted octanol–water partition coefficient (Wildman–Crippen LogP) is 0.442. The standard InChI is InChI=1S/C18H26N4O6S/c1-4-29(25,26)22-9-7-20(8-10-22)17(23)14-13(2)28-16-15(14)18(24)21(12-19-16)6-5-11-27-3/h12H,4-11H2,1-3H3. The molecule has 29 heavy (non-hydrogen) atoms. The van der Waals surface area contributed by atoms with Crippen molar-refractivity contribution in [2.75, 3.05) is 45.6 Å². The van der Waals surface area contributed by atoms with E-state index in [0.717, 1.165) is 0 Å². The van der Waals surface area contributed by atoms with Gasteiger partial charge in [0.1, 0.15) is 17.5 Å². The van der Waals surface area contributed by atoms with Crippen LogP contribution in [0, 0.1) is 6.92 Å². The molecule has 10 nitrogen and oxygen atoms in total. The zero-order chi connectivity index (χ0) is 21.2. The van der Waals surface area contributed by atoms with Gasteiger partial charge in [-0.15, -0.1) is 0 Å². The third-order valence-corrected chi connectivity index (χ3v) is 6.98. The molecule has 3 heterocycles. The monoisotopic (exact) mass is 426 g/mol. The molecule has 1 aliphatic rings. The minimum absolute atomic E-state index is 0.0285. The highest BCUT2D eigenvalue weighted by Gasteiger charge is 2.31. The van der Waals surface area contributed by atoms with E-state index in [9.17, 15) is 18.0 Å². The van der Waals surface area contributed by atoms with Crippen molar-refractivity contribution in [1.29, 1.82) is 0 Å². The number of sulfonamides is 1. The zero-order valence-electron chi connectivity index (χ0n) is 16.9. The van der Waals surface area contributed by atoms with Crippen LogP contribution in [0.15, 0.2) is 15.5 Å². The van der Waals surface area contributed by atoms with Crippen molar-refractivity contribution in [3.8, 4) is 0 Å². The summed E-state index contributed by atoms with van der Waals surface area (Å²) in [4.78, 5) is 31.8. The Bertz CT molecular complexity index is 1050. The fourth-order valence-corrected chi connectivity index (χ4v) is 4.53. The third kappa shape index (κ3) is 4.21. The van der Waals surface area contributed by atoms with Gasteiger partial charge < -0.3 is 14.1 Å². The fraction of sp³-hybridized carbons (Fsp3) is 0.611. The van der Waals surface area contributed by atoms with E-state index >= 15 is 0 Å². The Kier molecular flexibility index (Phi) is 6.39. The van der Waals surface area contributed by atoms with Crippen molar-refractivity contribution >= 4 is 27.0 Å². The maximum absolute atomic E-state index is 13.1. The minimum Gasteiger partial charge on any atom is -0.442 e.